The Morgan fingerprint density at radius 1 is 1.11 bits per heavy atom. The van der Waals surface area contributed by atoms with E-state index in [1.54, 1.807) is 24.5 Å². The minimum absolute atomic E-state index is 0.0200. The van der Waals surface area contributed by atoms with Crippen molar-refractivity contribution in [2.45, 2.75) is 32.0 Å². The van der Waals surface area contributed by atoms with E-state index >= 15 is 0 Å². The Labute approximate surface area is 157 Å². The summed E-state index contributed by atoms with van der Waals surface area (Å²) in [5.74, 6) is -0.255. The maximum atomic E-state index is 13.6. The number of hydrogen-bond donors (Lipinski definition) is 0. The smallest absolute Gasteiger partial charge is 0.197 e. The third kappa shape index (κ3) is 4.26. The number of rotatable bonds is 6. The molecule has 0 bridgehead atoms. The summed E-state index contributed by atoms with van der Waals surface area (Å²) in [6.07, 6.45) is 3.74. The fraction of sp³-hybridized carbons (Fsp3) is 0.318. The molecule has 1 fully saturated rings. The van der Waals surface area contributed by atoms with Crippen molar-refractivity contribution < 1.29 is 13.5 Å². The summed E-state index contributed by atoms with van der Waals surface area (Å²) in [4.78, 5) is 15.0. The van der Waals surface area contributed by atoms with Gasteiger partial charge in [0, 0.05) is 31.8 Å². The lowest BCUT2D eigenvalue weighted by Gasteiger charge is -2.25. The summed E-state index contributed by atoms with van der Waals surface area (Å²) in [6, 6.07) is 13.8. The molecule has 1 aliphatic heterocycles. The minimum Gasteiger partial charge on any atom is -0.464 e. The molecule has 140 valence electrons. The maximum absolute atomic E-state index is 13.6. The zero-order chi connectivity index (χ0) is 18.6. The van der Waals surface area contributed by atoms with Gasteiger partial charge >= 0.3 is 0 Å². The first-order chi connectivity index (χ1) is 13.2. The van der Waals surface area contributed by atoms with Crippen molar-refractivity contribution in [3.05, 3.63) is 82.0 Å². The van der Waals surface area contributed by atoms with Gasteiger partial charge in [0.05, 0.1) is 17.8 Å². The molecule has 1 unspecified atom stereocenters. The Balaban J connectivity index is 1.60. The topological polar surface area (TPSA) is 42.7 Å². The molecule has 2 aromatic carbocycles. The van der Waals surface area contributed by atoms with Gasteiger partial charge in [0.15, 0.2) is 5.43 Å². The lowest BCUT2D eigenvalue weighted by Crippen LogP contribution is -2.33. The molecule has 4 rings (SSSR count). The Morgan fingerprint density at radius 2 is 2.00 bits per heavy atom. The highest BCUT2D eigenvalue weighted by Gasteiger charge is 2.21. The average Bonchev–Trinajstić information content (AvgIpc) is 3.17. The molecule has 3 aromatic rings. The normalized spacial score (nSPS) is 17.0. The molecule has 5 heteroatoms. The van der Waals surface area contributed by atoms with Gasteiger partial charge in [0.2, 0.25) is 0 Å². The Morgan fingerprint density at radius 3 is 2.81 bits per heavy atom. The van der Waals surface area contributed by atoms with E-state index in [1.807, 2.05) is 18.2 Å². The number of halogens is 1. The van der Waals surface area contributed by atoms with Crippen LogP contribution in [-0.4, -0.2) is 24.2 Å². The van der Waals surface area contributed by atoms with Crippen LogP contribution in [0.2, 0.25) is 0 Å². The summed E-state index contributed by atoms with van der Waals surface area (Å²) in [5, 5.41) is 0.581. The SMILES string of the molecule is O=c1c(CN(Cc2cccc(F)c2)CC2CCCO2)coc2ccccc12. The largest absolute Gasteiger partial charge is 0.464 e. The van der Waals surface area contributed by atoms with Crippen LogP contribution in [0.4, 0.5) is 4.39 Å². The lowest BCUT2D eigenvalue weighted by molar-refractivity contribution is 0.0676. The highest BCUT2D eigenvalue weighted by Crippen LogP contribution is 2.18. The molecule has 27 heavy (non-hydrogen) atoms. The van der Waals surface area contributed by atoms with Crippen LogP contribution >= 0.6 is 0 Å². The predicted octanol–water partition coefficient (Wildman–Crippen LogP) is 4.11. The number of benzene rings is 2. The fourth-order valence-corrected chi connectivity index (χ4v) is 3.62. The lowest BCUT2D eigenvalue weighted by atomic mass is 10.1. The molecule has 0 saturated carbocycles. The minimum atomic E-state index is -0.255. The molecule has 1 aliphatic rings. The van der Waals surface area contributed by atoms with Gasteiger partial charge in [0.25, 0.3) is 0 Å². The first-order valence-electron chi connectivity index (χ1n) is 9.27. The zero-order valence-electron chi connectivity index (χ0n) is 15.1. The second-order valence-corrected chi connectivity index (χ2v) is 7.02. The molecule has 0 aliphatic carbocycles. The van der Waals surface area contributed by atoms with Gasteiger partial charge in [-0.1, -0.05) is 24.3 Å². The van der Waals surface area contributed by atoms with Crippen LogP contribution in [0.25, 0.3) is 11.0 Å². The van der Waals surface area contributed by atoms with Crippen molar-refractivity contribution >= 4 is 11.0 Å². The summed E-state index contributed by atoms with van der Waals surface area (Å²) in [6.45, 7) is 2.45. The zero-order valence-corrected chi connectivity index (χ0v) is 15.1. The van der Waals surface area contributed by atoms with Crippen LogP contribution in [0.1, 0.15) is 24.0 Å². The molecule has 1 saturated heterocycles. The molecular weight excluding hydrogens is 345 g/mol. The summed E-state index contributed by atoms with van der Waals surface area (Å²) < 4.78 is 25.0. The standard InChI is InChI=1S/C22H22FNO3/c23-18-6-3-5-16(11-18)12-24(14-19-7-4-10-26-19)13-17-15-27-21-9-2-1-8-20(21)22(17)25/h1-3,5-6,8-9,11,15,19H,4,7,10,12-14H2. The van der Waals surface area contributed by atoms with E-state index in [1.165, 1.54) is 12.1 Å². The highest BCUT2D eigenvalue weighted by atomic mass is 19.1. The van der Waals surface area contributed by atoms with E-state index in [-0.39, 0.29) is 17.3 Å². The Kier molecular flexibility index (Phi) is 5.32. The second kappa shape index (κ2) is 8.03. The third-order valence-corrected chi connectivity index (χ3v) is 4.93. The van der Waals surface area contributed by atoms with E-state index in [9.17, 15) is 9.18 Å². The Bertz CT molecular complexity index is 978. The quantitative estimate of drug-likeness (QED) is 0.657. The number of ether oxygens (including phenoxy) is 1. The molecule has 4 nitrogen and oxygen atoms in total. The first kappa shape index (κ1) is 17.9. The van der Waals surface area contributed by atoms with Crippen molar-refractivity contribution in [1.29, 1.82) is 0 Å². The van der Waals surface area contributed by atoms with Crippen LogP contribution in [0, 0.1) is 5.82 Å². The van der Waals surface area contributed by atoms with Crippen molar-refractivity contribution in [1.82, 2.24) is 4.90 Å². The number of para-hydroxylation sites is 1. The highest BCUT2D eigenvalue weighted by molar-refractivity contribution is 5.76. The van der Waals surface area contributed by atoms with Crippen LogP contribution in [0.5, 0.6) is 0 Å². The average molecular weight is 367 g/mol. The number of hydrogen-bond acceptors (Lipinski definition) is 4. The summed E-state index contributed by atoms with van der Waals surface area (Å²) in [7, 11) is 0. The molecule has 2 heterocycles. The van der Waals surface area contributed by atoms with E-state index in [4.69, 9.17) is 9.15 Å². The van der Waals surface area contributed by atoms with Crippen molar-refractivity contribution in [3.8, 4) is 0 Å². The molecule has 0 spiro atoms. The monoisotopic (exact) mass is 367 g/mol. The summed E-state index contributed by atoms with van der Waals surface area (Å²) in [5.41, 5.74) is 2.04. The van der Waals surface area contributed by atoms with Gasteiger partial charge in [-0.2, -0.15) is 0 Å². The molecule has 0 amide bonds. The third-order valence-electron chi connectivity index (χ3n) is 4.93. The second-order valence-electron chi connectivity index (χ2n) is 7.02. The van der Waals surface area contributed by atoms with Gasteiger partial charge < -0.3 is 9.15 Å². The number of fused-ring (bicyclic) bond motifs is 1. The molecule has 0 radical (unpaired) electrons. The van der Waals surface area contributed by atoms with E-state index in [2.05, 4.69) is 4.90 Å². The van der Waals surface area contributed by atoms with E-state index in [0.29, 0.717) is 36.2 Å². The molecule has 0 N–H and O–H groups in total. The van der Waals surface area contributed by atoms with E-state index < -0.39 is 0 Å². The van der Waals surface area contributed by atoms with Crippen molar-refractivity contribution in [3.63, 3.8) is 0 Å². The van der Waals surface area contributed by atoms with Gasteiger partial charge in [-0.3, -0.25) is 9.69 Å². The summed E-state index contributed by atoms with van der Waals surface area (Å²) >= 11 is 0. The molecule has 1 atom stereocenters. The first-order valence-corrected chi connectivity index (χ1v) is 9.27. The number of nitrogens with zero attached hydrogens (tertiary/aromatic N) is 1. The van der Waals surface area contributed by atoms with E-state index in [0.717, 1.165) is 25.0 Å². The Hall–Kier alpha value is -2.50. The van der Waals surface area contributed by atoms with Crippen LogP contribution in [-0.2, 0) is 17.8 Å². The van der Waals surface area contributed by atoms with Gasteiger partial charge in [0.1, 0.15) is 11.4 Å². The van der Waals surface area contributed by atoms with Crippen LogP contribution < -0.4 is 5.43 Å². The molecule has 1 aromatic heterocycles. The van der Waals surface area contributed by atoms with Gasteiger partial charge in [-0.25, -0.2) is 4.39 Å². The van der Waals surface area contributed by atoms with Gasteiger partial charge in [-0.05, 0) is 42.7 Å². The predicted molar refractivity (Wildman–Crippen MR) is 102 cm³/mol. The van der Waals surface area contributed by atoms with Crippen LogP contribution in [0.15, 0.2) is 64.0 Å². The maximum Gasteiger partial charge on any atom is 0.197 e. The molecular formula is C22H22FNO3. The van der Waals surface area contributed by atoms with Gasteiger partial charge in [-0.15, -0.1) is 0 Å². The van der Waals surface area contributed by atoms with Crippen molar-refractivity contribution in [2.75, 3.05) is 13.2 Å². The van der Waals surface area contributed by atoms with Crippen molar-refractivity contribution in [2.24, 2.45) is 0 Å². The fourth-order valence-electron chi connectivity index (χ4n) is 3.62. The van der Waals surface area contributed by atoms with Crippen LogP contribution in [0.3, 0.4) is 0 Å².